The summed E-state index contributed by atoms with van der Waals surface area (Å²) in [5, 5.41) is 3.09. The van der Waals surface area contributed by atoms with Crippen LogP contribution in [0.25, 0.3) is 0 Å². The van der Waals surface area contributed by atoms with Crippen molar-refractivity contribution in [2.24, 2.45) is 5.73 Å². The average Bonchev–Trinajstić information content (AvgIpc) is 2.08. The van der Waals surface area contributed by atoms with E-state index in [0.29, 0.717) is 4.99 Å². The number of hydrogen-bond acceptors (Lipinski definition) is 3. The molecule has 3 N–H and O–H groups in total. The third-order valence-electron chi connectivity index (χ3n) is 1.46. The Morgan fingerprint density at radius 1 is 1.77 bits per heavy atom. The molecule has 0 saturated carbocycles. The van der Waals surface area contributed by atoms with Gasteiger partial charge in [0.2, 0.25) is 0 Å². The summed E-state index contributed by atoms with van der Waals surface area (Å²) in [6.45, 7) is 2.79. The Morgan fingerprint density at radius 2 is 2.46 bits per heavy atom. The maximum Gasteiger partial charge on any atom is 0.136 e. The highest BCUT2D eigenvalue weighted by molar-refractivity contribution is 9.10. The van der Waals surface area contributed by atoms with Crippen LogP contribution in [0.5, 0.6) is 0 Å². The third kappa shape index (κ3) is 2.63. The molecular formula is C8H10BrN3S. The second kappa shape index (κ2) is 4.53. The van der Waals surface area contributed by atoms with Crippen molar-refractivity contribution < 1.29 is 0 Å². The minimum absolute atomic E-state index is 0.352. The van der Waals surface area contributed by atoms with Gasteiger partial charge in [-0.25, -0.2) is 4.98 Å². The van der Waals surface area contributed by atoms with Gasteiger partial charge in [0.1, 0.15) is 10.8 Å². The number of thiocarbonyl (C=S) groups is 1. The molecule has 0 atom stereocenters. The van der Waals surface area contributed by atoms with Crippen LogP contribution >= 0.6 is 28.1 Å². The first-order valence-corrected chi connectivity index (χ1v) is 5.04. The Labute approximate surface area is 90.9 Å². The van der Waals surface area contributed by atoms with Gasteiger partial charge in [-0.15, -0.1) is 0 Å². The summed E-state index contributed by atoms with van der Waals surface area (Å²) in [7, 11) is 0. The van der Waals surface area contributed by atoms with Crippen molar-refractivity contribution in [3.8, 4) is 0 Å². The average molecular weight is 260 g/mol. The fraction of sp³-hybridized carbons (Fsp3) is 0.250. The molecule has 1 heterocycles. The van der Waals surface area contributed by atoms with Crippen molar-refractivity contribution in [2.45, 2.75) is 6.92 Å². The fourth-order valence-corrected chi connectivity index (χ4v) is 1.42. The second-order valence-corrected chi connectivity index (χ2v) is 3.80. The molecule has 0 aromatic carbocycles. The summed E-state index contributed by atoms with van der Waals surface area (Å²) in [6.07, 6.45) is 1.71. The van der Waals surface area contributed by atoms with E-state index in [1.807, 2.05) is 13.0 Å². The van der Waals surface area contributed by atoms with E-state index in [2.05, 4.69) is 26.2 Å². The molecule has 0 amide bonds. The molecule has 0 saturated heterocycles. The zero-order valence-electron chi connectivity index (χ0n) is 7.17. The standard InChI is InChI=1S/C8H10BrN3S/c1-2-11-8-6(7(10)13)3-5(9)4-12-8/h3-4H,2H2,1H3,(H2,10,13)(H,11,12). The van der Waals surface area contributed by atoms with E-state index >= 15 is 0 Å². The highest BCUT2D eigenvalue weighted by Crippen LogP contribution is 2.17. The first kappa shape index (κ1) is 10.4. The van der Waals surface area contributed by atoms with Crippen molar-refractivity contribution in [1.82, 2.24) is 4.98 Å². The molecule has 3 nitrogen and oxygen atoms in total. The second-order valence-electron chi connectivity index (χ2n) is 2.44. The van der Waals surface area contributed by atoms with Crippen LogP contribution in [0.15, 0.2) is 16.7 Å². The van der Waals surface area contributed by atoms with E-state index in [4.69, 9.17) is 18.0 Å². The van der Waals surface area contributed by atoms with Gasteiger partial charge in [-0.1, -0.05) is 12.2 Å². The summed E-state index contributed by atoms with van der Waals surface area (Å²) in [6, 6.07) is 1.85. The van der Waals surface area contributed by atoms with Crippen LogP contribution in [0.2, 0.25) is 0 Å². The van der Waals surface area contributed by atoms with Gasteiger partial charge in [0.15, 0.2) is 0 Å². The Balaban J connectivity index is 3.10. The molecular weight excluding hydrogens is 250 g/mol. The van der Waals surface area contributed by atoms with Gasteiger partial charge in [0.25, 0.3) is 0 Å². The zero-order chi connectivity index (χ0) is 9.84. The Bertz CT molecular complexity index is 327. The molecule has 5 heteroatoms. The molecule has 1 aromatic heterocycles. The number of anilines is 1. The van der Waals surface area contributed by atoms with E-state index in [1.165, 1.54) is 0 Å². The van der Waals surface area contributed by atoms with Crippen LogP contribution in [0.4, 0.5) is 5.82 Å². The minimum atomic E-state index is 0.352. The molecule has 13 heavy (non-hydrogen) atoms. The number of nitrogens with zero attached hydrogens (tertiary/aromatic N) is 1. The molecule has 0 bridgehead atoms. The van der Waals surface area contributed by atoms with Crippen LogP contribution in [0.1, 0.15) is 12.5 Å². The summed E-state index contributed by atoms with van der Waals surface area (Å²) in [5.74, 6) is 0.734. The summed E-state index contributed by atoms with van der Waals surface area (Å²) in [5.41, 5.74) is 6.31. The highest BCUT2D eigenvalue weighted by atomic mass is 79.9. The molecule has 0 fully saturated rings. The van der Waals surface area contributed by atoms with Crippen molar-refractivity contribution >= 4 is 39.0 Å². The van der Waals surface area contributed by atoms with Crippen LogP contribution < -0.4 is 11.1 Å². The first-order chi connectivity index (χ1) is 6.15. The number of aromatic nitrogens is 1. The molecule has 0 aliphatic heterocycles. The van der Waals surface area contributed by atoms with Crippen molar-refractivity contribution in [3.63, 3.8) is 0 Å². The molecule has 0 aliphatic carbocycles. The Morgan fingerprint density at radius 3 is 3.00 bits per heavy atom. The van der Waals surface area contributed by atoms with Gasteiger partial charge in [0, 0.05) is 17.2 Å². The van der Waals surface area contributed by atoms with Gasteiger partial charge in [-0.3, -0.25) is 0 Å². The molecule has 0 aliphatic rings. The van der Waals surface area contributed by atoms with Gasteiger partial charge in [-0.05, 0) is 28.9 Å². The Kier molecular flexibility index (Phi) is 3.62. The molecule has 1 rings (SSSR count). The Hall–Kier alpha value is -0.680. The van der Waals surface area contributed by atoms with E-state index in [-0.39, 0.29) is 0 Å². The summed E-state index contributed by atoms with van der Waals surface area (Å²) >= 11 is 8.21. The minimum Gasteiger partial charge on any atom is -0.389 e. The van der Waals surface area contributed by atoms with Crippen molar-refractivity contribution in [1.29, 1.82) is 0 Å². The number of rotatable bonds is 3. The monoisotopic (exact) mass is 259 g/mol. The summed E-state index contributed by atoms with van der Waals surface area (Å²) < 4.78 is 0.872. The lowest BCUT2D eigenvalue weighted by Crippen LogP contribution is -2.14. The topological polar surface area (TPSA) is 50.9 Å². The lowest BCUT2D eigenvalue weighted by Gasteiger charge is -2.07. The predicted octanol–water partition coefficient (Wildman–Crippen LogP) is 1.91. The first-order valence-electron chi connectivity index (χ1n) is 3.84. The lowest BCUT2D eigenvalue weighted by atomic mass is 10.2. The van der Waals surface area contributed by atoms with E-state index < -0.39 is 0 Å². The van der Waals surface area contributed by atoms with E-state index in [0.717, 1.165) is 22.4 Å². The van der Waals surface area contributed by atoms with Crippen LogP contribution in [-0.2, 0) is 0 Å². The molecule has 0 radical (unpaired) electrons. The fourth-order valence-electron chi connectivity index (χ4n) is 0.935. The molecule has 0 spiro atoms. The highest BCUT2D eigenvalue weighted by Gasteiger charge is 2.05. The smallest absolute Gasteiger partial charge is 0.136 e. The predicted molar refractivity (Wildman–Crippen MR) is 62.0 cm³/mol. The number of hydrogen-bond donors (Lipinski definition) is 2. The molecule has 1 aromatic rings. The van der Waals surface area contributed by atoms with E-state index in [1.54, 1.807) is 6.20 Å². The largest absolute Gasteiger partial charge is 0.389 e. The molecule has 0 unspecified atom stereocenters. The van der Waals surface area contributed by atoms with Crippen LogP contribution in [-0.4, -0.2) is 16.5 Å². The third-order valence-corrected chi connectivity index (χ3v) is 2.12. The van der Waals surface area contributed by atoms with Crippen LogP contribution in [0, 0.1) is 0 Å². The van der Waals surface area contributed by atoms with E-state index in [9.17, 15) is 0 Å². The van der Waals surface area contributed by atoms with Gasteiger partial charge in [0.05, 0.1) is 5.56 Å². The maximum absolute atomic E-state index is 5.54. The number of halogens is 1. The number of nitrogens with two attached hydrogens (primary N) is 1. The SMILES string of the molecule is CCNc1ncc(Br)cc1C(N)=S. The lowest BCUT2D eigenvalue weighted by molar-refractivity contribution is 1.15. The van der Waals surface area contributed by atoms with Gasteiger partial charge >= 0.3 is 0 Å². The zero-order valence-corrected chi connectivity index (χ0v) is 9.58. The number of pyridine rings is 1. The van der Waals surface area contributed by atoms with Crippen molar-refractivity contribution in [3.05, 3.63) is 22.3 Å². The van der Waals surface area contributed by atoms with Crippen LogP contribution in [0.3, 0.4) is 0 Å². The summed E-state index contributed by atoms with van der Waals surface area (Å²) in [4.78, 5) is 4.52. The van der Waals surface area contributed by atoms with Gasteiger partial charge < -0.3 is 11.1 Å². The maximum atomic E-state index is 5.54. The molecule has 70 valence electrons. The van der Waals surface area contributed by atoms with Gasteiger partial charge in [-0.2, -0.15) is 0 Å². The quantitative estimate of drug-likeness (QED) is 0.815. The normalized spacial score (nSPS) is 9.69. The van der Waals surface area contributed by atoms with Crippen molar-refractivity contribution in [2.75, 3.05) is 11.9 Å². The number of nitrogens with one attached hydrogen (secondary N) is 1.